The van der Waals surface area contributed by atoms with Crippen molar-refractivity contribution in [3.05, 3.63) is 52.1 Å². The molecular weight excluding hydrogens is 342 g/mol. The van der Waals surface area contributed by atoms with Gasteiger partial charge in [0.25, 0.3) is 0 Å². The van der Waals surface area contributed by atoms with Crippen molar-refractivity contribution in [2.75, 3.05) is 6.54 Å². The molecule has 2 rings (SSSR count). The molecule has 0 radical (unpaired) electrons. The Labute approximate surface area is 130 Å². The Bertz CT molecular complexity index is 637. The zero-order valence-electron chi connectivity index (χ0n) is 11.7. The molecule has 0 bridgehead atoms. The van der Waals surface area contributed by atoms with Crippen molar-refractivity contribution in [1.29, 1.82) is 0 Å². The monoisotopic (exact) mass is 356 g/mol. The van der Waals surface area contributed by atoms with E-state index < -0.39 is 11.6 Å². The molecule has 1 aromatic carbocycles. The van der Waals surface area contributed by atoms with Gasteiger partial charge in [0.05, 0.1) is 0 Å². The van der Waals surface area contributed by atoms with E-state index in [9.17, 15) is 8.78 Å². The highest BCUT2D eigenvalue weighted by Gasteiger charge is 2.17. The highest BCUT2D eigenvalue weighted by molar-refractivity contribution is 9.10. The lowest BCUT2D eigenvalue weighted by atomic mass is 10.1. The van der Waals surface area contributed by atoms with Gasteiger partial charge in [-0.05, 0) is 31.7 Å². The van der Waals surface area contributed by atoms with Crippen LogP contribution in [0.4, 0.5) is 8.78 Å². The molecule has 0 aliphatic carbocycles. The second kappa shape index (κ2) is 6.95. The van der Waals surface area contributed by atoms with Gasteiger partial charge in [-0.1, -0.05) is 28.9 Å². The lowest BCUT2D eigenvalue weighted by Gasteiger charge is -2.16. The first-order valence-electron chi connectivity index (χ1n) is 6.53. The molecule has 6 heteroatoms. The lowest BCUT2D eigenvalue weighted by Crippen LogP contribution is -2.18. The third-order valence-electron chi connectivity index (χ3n) is 2.94. The van der Waals surface area contributed by atoms with Gasteiger partial charge in [-0.3, -0.25) is 0 Å². The first-order valence-corrected chi connectivity index (χ1v) is 7.33. The molecule has 0 aliphatic rings. The Balaban J connectivity index is 2.36. The molecule has 3 nitrogen and oxygen atoms in total. The molecule has 0 saturated heterocycles. The molecule has 0 amide bonds. The largest absolute Gasteiger partial charge is 0.435 e. The van der Waals surface area contributed by atoms with Gasteiger partial charge in [0.15, 0.2) is 11.6 Å². The predicted molar refractivity (Wildman–Crippen MR) is 80.5 cm³/mol. The molecule has 1 unspecified atom stereocenters. The van der Waals surface area contributed by atoms with Gasteiger partial charge in [0.2, 0.25) is 11.7 Å². The van der Waals surface area contributed by atoms with Crippen molar-refractivity contribution in [3.63, 3.8) is 0 Å². The van der Waals surface area contributed by atoms with E-state index in [1.54, 1.807) is 12.3 Å². The highest BCUT2D eigenvalue weighted by atomic mass is 79.9. The number of pyridine rings is 1. The summed E-state index contributed by atoms with van der Waals surface area (Å²) in [6.45, 7) is 4.71. The van der Waals surface area contributed by atoms with Crippen LogP contribution in [0.2, 0.25) is 0 Å². The number of hydrogen-bond donors (Lipinski definition) is 1. The van der Waals surface area contributed by atoms with Crippen molar-refractivity contribution < 1.29 is 13.5 Å². The van der Waals surface area contributed by atoms with Gasteiger partial charge in [-0.25, -0.2) is 9.37 Å². The van der Waals surface area contributed by atoms with E-state index in [1.807, 2.05) is 19.9 Å². The number of halogens is 3. The number of benzene rings is 1. The average Bonchev–Trinajstić information content (AvgIpc) is 2.45. The summed E-state index contributed by atoms with van der Waals surface area (Å²) in [5.74, 6) is -1.96. The van der Waals surface area contributed by atoms with E-state index in [4.69, 9.17) is 4.74 Å². The molecule has 1 heterocycles. The maximum Gasteiger partial charge on any atom is 0.224 e. The topological polar surface area (TPSA) is 34.2 Å². The molecule has 112 valence electrons. The molecule has 21 heavy (non-hydrogen) atoms. The summed E-state index contributed by atoms with van der Waals surface area (Å²) < 4.78 is 33.1. The smallest absolute Gasteiger partial charge is 0.224 e. The second-order valence-corrected chi connectivity index (χ2v) is 5.39. The molecule has 0 fully saturated rings. The van der Waals surface area contributed by atoms with E-state index in [-0.39, 0.29) is 17.7 Å². The summed E-state index contributed by atoms with van der Waals surface area (Å²) in [4.78, 5) is 4.11. The van der Waals surface area contributed by atoms with Gasteiger partial charge < -0.3 is 10.1 Å². The van der Waals surface area contributed by atoms with Crippen molar-refractivity contribution >= 4 is 15.9 Å². The van der Waals surface area contributed by atoms with E-state index in [0.717, 1.165) is 18.2 Å². The maximum atomic E-state index is 13.8. The van der Waals surface area contributed by atoms with Crippen LogP contribution in [0.5, 0.6) is 11.6 Å². The zero-order valence-corrected chi connectivity index (χ0v) is 13.2. The first kappa shape index (κ1) is 15.9. The average molecular weight is 357 g/mol. The van der Waals surface area contributed by atoms with Gasteiger partial charge in [-0.15, -0.1) is 0 Å². The molecule has 0 spiro atoms. The standard InChI is InChI=1S/C15H15BrF2N2O/c1-3-19-9(2)11-5-4-6-20-15(11)21-13-8-10(16)7-12(17)14(13)18/h4-9,19H,3H2,1-2H3. The second-order valence-electron chi connectivity index (χ2n) is 4.48. The van der Waals surface area contributed by atoms with Gasteiger partial charge >= 0.3 is 0 Å². The van der Waals surface area contributed by atoms with Crippen LogP contribution in [0.25, 0.3) is 0 Å². The summed E-state index contributed by atoms with van der Waals surface area (Å²) >= 11 is 3.11. The van der Waals surface area contributed by atoms with Crippen molar-refractivity contribution in [3.8, 4) is 11.6 Å². The van der Waals surface area contributed by atoms with Gasteiger partial charge in [0, 0.05) is 22.3 Å². The van der Waals surface area contributed by atoms with E-state index in [2.05, 4.69) is 26.2 Å². The van der Waals surface area contributed by atoms with E-state index >= 15 is 0 Å². The Hall–Kier alpha value is -1.53. The van der Waals surface area contributed by atoms with Crippen LogP contribution in [0.1, 0.15) is 25.5 Å². The fraction of sp³-hybridized carbons (Fsp3) is 0.267. The summed E-state index contributed by atoms with van der Waals surface area (Å²) in [5, 5.41) is 3.23. The van der Waals surface area contributed by atoms with Crippen molar-refractivity contribution in [2.45, 2.75) is 19.9 Å². The number of nitrogens with one attached hydrogen (secondary N) is 1. The first-order chi connectivity index (χ1) is 10.0. The number of ether oxygens (including phenoxy) is 1. The maximum absolute atomic E-state index is 13.8. The summed E-state index contributed by atoms with van der Waals surface area (Å²) in [7, 11) is 0. The minimum Gasteiger partial charge on any atom is -0.435 e. The van der Waals surface area contributed by atoms with Crippen LogP contribution in [0.3, 0.4) is 0 Å². The van der Waals surface area contributed by atoms with Gasteiger partial charge in [-0.2, -0.15) is 4.39 Å². The fourth-order valence-corrected chi connectivity index (χ4v) is 2.35. The summed E-state index contributed by atoms with van der Waals surface area (Å²) in [6.07, 6.45) is 1.55. The quantitative estimate of drug-likeness (QED) is 0.795. The van der Waals surface area contributed by atoms with Crippen LogP contribution in [0.15, 0.2) is 34.9 Å². The Morgan fingerprint density at radius 3 is 2.86 bits per heavy atom. The van der Waals surface area contributed by atoms with E-state index in [1.165, 1.54) is 6.07 Å². The normalized spacial score (nSPS) is 12.2. The molecular formula is C15H15BrF2N2O. The number of hydrogen-bond acceptors (Lipinski definition) is 3. The van der Waals surface area contributed by atoms with Crippen molar-refractivity contribution in [2.24, 2.45) is 0 Å². The van der Waals surface area contributed by atoms with Crippen LogP contribution >= 0.6 is 15.9 Å². The number of rotatable bonds is 5. The third-order valence-corrected chi connectivity index (χ3v) is 3.40. The number of nitrogens with zero attached hydrogens (tertiary/aromatic N) is 1. The molecule has 2 aromatic rings. The zero-order chi connectivity index (χ0) is 15.4. The summed E-state index contributed by atoms with van der Waals surface area (Å²) in [5.41, 5.74) is 0.777. The molecule has 1 aromatic heterocycles. The molecule has 0 saturated carbocycles. The molecule has 1 N–H and O–H groups in total. The number of aromatic nitrogens is 1. The Kier molecular flexibility index (Phi) is 5.25. The van der Waals surface area contributed by atoms with Gasteiger partial charge in [0.1, 0.15) is 0 Å². The third kappa shape index (κ3) is 3.77. The lowest BCUT2D eigenvalue weighted by molar-refractivity contribution is 0.396. The minimum absolute atomic E-state index is 0.0150. The molecule has 1 atom stereocenters. The minimum atomic E-state index is -1.04. The SMILES string of the molecule is CCNC(C)c1cccnc1Oc1cc(Br)cc(F)c1F. The Morgan fingerprint density at radius 1 is 1.38 bits per heavy atom. The summed E-state index contributed by atoms with van der Waals surface area (Å²) in [6, 6.07) is 6.01. The van der Waals surface area contributed by atoms with Crippen LogP contribution in [0, 0.1) is 11.6 Å². The Morgan fingerprint density at radius 2 is 2.14 bits per heavy atom. The van der Waals surface area contributed by atoms with Crippen LogP contribution in [-0.2, 0) is 0 Å². The van der Waals surface area contributed by atoms with E-state index in [0.29, 0.717) is 4.47 Å². The van der Waals surface area contributed by atoms with Crippen molar-refractivity contribution in [1.82, 2.24) is 10.3 Å². The molecule has 0 aliphatic heterocycles. The van der Waals surface area contributed by atoms with Crippen LogP contribution < -0.4 is 10.1 Å². The van der Waals surface area contributed by atoms with Crippen LogP contribution in [-0.4, -0.2) is 11.5 Å². The highest BCUT2D eigenvalue weighted by Crippen LogP contribution is 2.32. The predicted octanol–water partition coefficient (Wildman–Crippen LogP) is 4.59. The fourth-order valence-electron chi connectivity index (χ4n) is 1.95.